The molecule has 0 radical (unpaired) electrons. The number of esters is 1. The highest BCUT2D eigenvalue weighted by Gasteiger charge is 2.24. The normalized spacial score (nSPS) is 19.3. The van der Waals surface area contributed by atoms with Gasteiger partial charge >= 0.3 is 5.97 Å². The van der Waals surface area contributed by atoms with Crippen LogP contribution in [0.4, 0.5) is 0 Å². The minimum Gasteiger partial charge on any atom is -0.507 e. The fourth-order valence-electron chi connectivity index (χ4n) is 3.20. The molecule has 2 aromatic rings. The molecule has 3 rings (SSSR count). The summed E-state index contributed by atoms with van der Waals surface area (Å²) in [6.45, 7) is 2.32. The zero-order valence-electron chi connectivity index (χ0n) is 16.7. The van der Waals surface area contributed by atoms with Crippen molar-refractivity contribution < 1.29 is 28.8 Å². The van der Waals surface area contributed by atoms with Crippen LogP contribution in [-0.4, -0.2) is 37.2 Å². The first-order valence-electron chi connectivity index (χ1n) is 9.57. The van der Waals surface area contributed by atoms with Gasteiger partial charge in [0.15, 0.2) is 0 Å². The van der Waals surface area contributed by atoms with Crippen molar-refractivity contribution in [2.24, 2.45) is 0 Å². The summed E-state index contributed by atoms with van der Waals surface area (Å²) in [4.78, 5) is 12.7. The van der Waals surface area contributed by atoms with Gasteiger partial charge in [-0.25, -0.2) is 4.79 Å². The summed E-state index contributed by atoms with van der Waals surface area (Å²) in [5.41, 5.74) is 1.82. The number of carbonyl (C=O) groups is 1. The van der Waals surface area contributed by atoms with Crippen molar-refractivity contribution in [2.45, 2.75) is 38.6 Å². The van der Waals surface area contributed by atoms with Gasteiger partial charge in [-0.15, -0.1) is 0 Å². The third-order valence-electron chi connectivity index (χ3n) is 4.59. The molecule has 0 spiro atoms. The van der Waals surface area contributed by atoms with Gasteiger partial charge in [0.2, 0.25) is 0 Å². The molecule has 1 aliphatic rings. The SMILES string of the molecule is COCO[C@H]1C=CCc2cc(OCc3ccccc3)cc(O)c2C(=O)O[C@H](C)C1. The maximum atomic E-state index is 12.7. The van der Waals surface area contributed by atoms with E-state index >= 15 is 0 Å². The Morgan fingerprint density at radius 1 is 1.21 bits per heavy atom. The molecule has 1 heterocycles. The van der Waals surface area contributed by atoms with Crippen LogP contribution >= 0.6 is 0 Å². The zero-order chi connectivity index (χ0) is 20.6. The second-order valence-corrected chi connectivity index (χ2v) is 6.95. The maximum absolute atomic E-state index is 12.7. The van der Waals surface area contributed by atoms with Crippen molar-refractivity contribution in [2.75, 3.05) is 13.9 Å². The van der Waals surface area contributed by atoms with E-state index in [1.807, 2.05) is 42.5 Å². The molecule has 0 saturated carbocycles. The number of phenols is 1. The maximum Gasteiger partial charge on any atom is 0.342 e. The Balaban J connectivity index is 1.83. The van der Waals surface area contributed by atoms with Crippen LogP contribution in [0, 0.1) is 0 Å². The van der Waals surface area contributed by atoms with E-state index < -0.39 is 5.97 Å². The number of hydrogen-bond acceptors (Lipinski definition) is 6. The van der Waals surface area contributed by atoms with E-state index in [-0.39, 0.29) is 30.3 Å². The molecule has 29 heavy (non-hydrogen) atoms. The van der Waals surface area contributed by atoms with Crippen molar-refractivity contribution in [1.29, 1.82) is 0 Å². The highest BCUT2D eigenvalue weighted by Crippen LogP contribution is 2.31. The molecule has 0 aliphatic carbocycles. The molecule has 154 valence electrons. The monoisotopic (exact) mass is 398 g/mol. The Kier molecular flexibility index (Phi) is 7.27. The van der Waals surface area contributed by atoms with Crippen LogP contribution < -0.4 is 4.74 Å². The van der Waals surface area contributed by atoms with Gasteiger partial charge in [-0.2, -0.15) is 0 Å². The molecular formula is C23H26O6. The highest BCUT2D eigenvalue weighted by molar-refractivity contribution is 5.94. The van der Waals surface area contributed by atoms with Crippen molar-refractivity contribution in [3.63, 3.8) is 0 Å². The molecule has 1 N–H and O–H groups in total. The van der Waals surface area contributed by atoms with Gasteiger partial charge in [0.05, 0.1) is 6.10 Å². The summed E-state index contributed by atoms with van der Waals surface area (Å²) in [7, 11) is 1.56. The summed E-state index contributed by atoms with van der Waals surface area (Å²) in [5, 5.41) is 10.5. The lowest BCUT2D eigenvalue weighted by Gasteiger charge is -2.21. The molecular weight excluding hydrogens is 372 g/mol. The largest absolute Gasteiger partial charge is 0.507 e. The Morgan fingerprint density at radius 2 is 2.00 bits per heavy atom. The molecule has 0 fully saturated rings. The van der Waals surface area contributed by atoms with Crippen LogP contribution in [0.1, 0.15) is 34.8 Å². The van der Waals surface area contributed by atoms with E-state index in [0.29, 0.717) is 30.8 Å². The first-order valence-corrected chi connectivity index (χ1v) is 9.57. The van der Waals surface area contributed by atoms with Gasteiger partial charge in [0.25, 0.3) is 0 Å². The number of allylic oxidation sites excluding steroid dienone is 1. The number of rotatable bonds is 6. The van der Waals surface area contributed by atoms with Crippen molar-refractivity contribution in [3.8, 4) is 11.5 Å². The number of phenolic OH excluding ortho intramolecular Hbond substituents is 1. The first-order chi connectivity index (χ1) is 14.1. The lowest BCUT2D eigenvalue weighted by molar-refractivity contribution is -0.0679. The van der Waals surface area contributed by atoms with Crippen LogP contribution in [0.25, 0.3) is 0 Å². The van der Waals surface area contributed by atoms with Crippen molar-refractivity contribution >= 4 is 5.97 Å². The average molecular weight is 398 g/mol. The standard InChI is InChI=1S/C23H26O6/c1-16-11-19(28-15-26-2)10-6-9-18-12-20(13-21(24)22(18)23(25)29-16)27-14-17-7-4-3-5-8-17/h3-8,10,12-13,16,19,24H,9,11,14-15H2,1-2H3/t16-,19+/m1/s1. The van der Waals surface area contributed by atoms with E-state index in [9.17, 15) is 9.90 Å². The number of cyclic esters (lactones) is 1. The lowest BCUT2D eigenvalue weighted by Crippen LogP contribution is -2.24. The number of aromatic hydroxyl groups is 1. The van der Waals surface area contributed by atoms with Gasteiger partial charge in [-0.1, -0.05) is 42.5 Å². The molecule has 0 aromatic heterocycles. The number of benzene rings is 2. The second-order valence-electron chi connectivity index (χ2n) is 6.95. The number of methoxy groups -OCH3 is 1. The van der Waals surface area contributed by atoms with Gasteiger partial charge in [0, 0.05) is 19.6 Å². The van der Waals surface area contributed by atoms with Gasteiger partial charge in [-0.05, 0) is 30.5 Å². The minimum absolute atomic E-state index is 0.149. The average Bonchev–Trinajstić information content (AvgIpc) is 2.70. The van der Waals surface area contributed by atoms with E-state index in [1.54, 1.807) is 20.1 Å². The fourth-order valence-corrected chi connectivity index (χ4v) is 3.20. The highest BCUT2D eigenvalue weighted by atomic mass is 16.7. The van der Waals surface area contributed by atoms with Crippen molar-refractivity contribution in [1.82, 2.24) is 0 Å². The van der Waals surface area contributed by atoms with Gasteiger partial charge < -0.3 is 24.1 Å². The molecule has 0 bridgehead atoms. The molecule has 2 atom stereocenters. The van der Waals surface area contributed by atoms with Crippen LogP contribution in [-0.2, 0) is 27.2 Å². The summed E-state index contributed by atoms with van der Waals surface area (Å²) in [6.07, 6.45) is 4.17. The molecule has 6 heteroatoms. The van der Waals surface area contributed by atoms with E-state index in [0.717, 1.165) is 5.56 Å². The number of hydrogen-bond donors (Lipinski definition) is 1. The Morgan fingerprint density at radius 3 is 2.76 bits per heavy atom. The molecule has 0 saturated heterocycles. The smallest absolute Gasteiger partial charge is 0.342 e. The molecule has 0 amide bonds. The predicted molar refractivity (Wildman–Crippen MR) is 108 cm³/mol. The Labute approximate surface area is 170 Å². The minimum atomic E-state index is -0.555. The third kappa shape index (κ3) is 5.82. The summed E-state index contributed by atoms with van der Waals surface area (Å²) in [6, 6.07) is 13.0. The predicted octanol–water partition coefficient (Wildman–Crippen LogP) is 4.01. The van der Waals surface area contributed by atoms with Crippen LogP contribution in [0.2, 0.25) is 0 Å². The van der Waals surface area contributed by atoms with Crippen LogP contribution in [0.15, 0.2) is 54.6 Å². The van der Waals surface area contributed by atoms with Crippen LogP contribution in [0.5, 0.6) is 11.5 Å². The second kappa shape index (κ2) is 10.1. The topological polar surface area (TPSA) is 74.2 Å². The van der Waals surface area contributed by atoms with E-state index in [2.05, 4.69) is 0 Å². The lowest BCUT2D eigenvalue weighted by atomic mass is 10.0. The van der Waals surface area contributed by atoms with E-state index in [1.165, 1.54) is 6.07 Å². The van der Waals surface area contributed by atoms with Gasteiger partial charge in [0.1, 0.15) is 36.6 Å². The zero-order valence-corrected chi connectivity index (χ0v) is 16.7. The van der Waals surface area contributed by atoms with Crippen LogP contribution in [0.3, 0.4) is 0 Å². The summed E-state index contributed by atoms with van der Waals surface area (Å²) >= 11 is 0. The third-order valence-corrected chi connectivity index (χ3v) is 4.59. The number of fused-ring (bicyclic) bond motifs is 1. The van der Waals surface area contributed by atoms with E-state index in [4.69, 9.17) is 18.9 Å². The van der Waals surface area contributed by atoms with Gasteiger partial charge in [-0.3, -0.25) is 0 Å². The molecule has 1 aliphatic heterocycles. The molecule has 2 aromatic carbocycles. The first kappa shape index (κ1) is 20.9. The molecule has 6 nitrogen and oxygen atoms in total. The Hall–Kier alpha value is -2.83. The summed E-state index contributed by atoms with van der Waals surface area (Å²) < 4.78 is 21.9. The van der Waals surface area contributed by atoms with Crippen molar-refractivity contribution in [3.05, 3.63) is 71.3 Å². The molecule has 0 unspecified atom stereocenters. The summed E-state index contributed by atoms with van der Waals surface area (Å²) in [5.74, 6) is -0.215. The Bertz CT molecular complexity index is 846. The quantitative estimate of drug-likeness (QED) is 0.450. The number of carbonyl (C=O) groups excluding carboxylic acids is 1. The number of ether oxygens (including phenoxy) is 4. The fraction of sp³-hybridized carbons (Fsp3) is 0.348.